The monoisotopic (exact) mass is 185 g/mol. The maximum Gasteiger partial charge on any atom is 0.220 e. The van der Waals surface area contributed by atoms with Crippen molar-refractivity contribution in [2.24, 2.45) is 4.99 Å². The number of aliphatic hydroxyl groups excluding tert-OH is 1. The van der Waals surface area contributed by atoms with Gasteiger partial charge in [0.2, 0.25) is 5.90 Å². The van der Waals surface area contributed by atoms with E-state index in [4.69, 9.17) is 33.0 Å². The molecule has 1 aliphatic rings. The van der Waals surface area contributed by atoms with Crippen molar-refractivity contribution in [3.05, 3.63) is 0 Å². The van der Waals surface area contributed by atoms with E-state index in [1.807, 2.05) is 0 Å². The van der Waals surface area contributed by atoms with E-state index in [1.165, 1.54) is 0 Å². The zero-order chi connectivity index (χ0) is 6.85. The van der Waals surface area contributed by atoms with Gasteiger partial charge >= 0.3 is 0 Å². The van der Waals surface area contributed by atoms with Crippen LogP contribution in [0.3, 0.4) is 0 Å². The van der Waals surface area contributed by atoms with E-state index in [0.717, 1.165) is 0 Å². The minimum absolute atomic E-state index is 0. The van der Waals surface area contributed by atoms with Crippen molar-refractivity contribution in [1.29, 1.82) is 0 Å². The summed E-state index contributed by atoms with van der Waals surface area (Å²) in [5.41, 5.74) is 0. The molecule has 60 valence electrons. The minimum atomic E-state index is -0.792. The Bertz CT molecular complexity index is 138. The number of aliphatic imine (C=N–C) groups is 1. The highest BCUT2D eigenvalue weighted by atomic mass is 35.5. The number of hydrogen-bond acceptors (Lipinski definition) is 3. The van der Waals surface area contributed by atoms with Gasteiger partial charge < -0.3 is 9.84 Å². The summed E-state index contributed by atoms with van der Waals surface area (Å²) >= 11 is 10.7. The van der Waals surface area contributed by atoms with E-state index in [2.05, 4.69) is 4.99 Å². The summed E-state index contributed by atoms with van der Waals surface area (Å²) in [6.45, 7) is 0.158. The standard InChI is InChI=1S/C4H5Cl2NO2.CH4/c5-3(6)4-7-2(8)1-9-4;/h2-3,8H,1H2;1H4/t2-;/m1./s1. The van der Waals surface area contributed by atoms with Gasteiger partial charge in [-0.2, -0.15) is 0 Å². The summed E-state index contributed by atoms with van der Waals surface area (Å²) in [5, 5.41) is 8.72. The second-order valence-corrected chi connectivity index (χ2v) is 2.66. The lowest BCUT2D eigenvalue weighted by Gasteiger charge is -1.97. The van der Waals surface area contributed by atoms with Crippen molar-refractivity contribution in [1.82, 2.24) is 0 Å². The third-order valence-corrected chi connectivity index (χ3v) is 1.22. The smallest absolute Gasteiger partial charge is 0.220 e. The molecule has 0 radical (unpaired) electrons. The highest BCUT2D eigenvalue weighted by Gasteiger charge is 2.20. The Morgan fingerprint density at radius 3 is 2.50 bits per heavy atom. The van der Waals surface area contributed by atoms with Crippen LogP contribution >= 0.6 is 23.2 Å². The Morgan fingerprint density at radius 1 is 1.70 bits per heavy atom. The van der Waals surface area contributed by atoms with Crippen LogP contribution in [0.15, 0.2) is 4.99 Å². The van der Waals surface area contributed by atoms with Gasteiger partial charge in [-0.05, 0) is 0 Å². The van der Waals surface area contributed by atoms with Crippen molar-refractivity contribution in [3.8, 4) is 0 Å². The van der Waals surface area contributed by atoms with Crippen molar-refractivity contribution in [3.63, 3.8) is 0 Å². The number of rotatable bonds is 1. The van der Waals surface area contributed by atoms with Crippen LogP contribution in [0.5, 0.6) is 0 Å². The molecule has 1 rings (SSSR count). The molecule has 0 aromatic rings. The second kappa shape index (κ2) is 4.01. The fraction of sp³-hybridized carbons (Fsp3) is 0.800. The fourth-order valence-electron chi connectivity index (χ4n) is 0.501. The van der Waals surface area contributed by atoms with Gasteiger partial charge in [0, 0.05) is 0 Å². The predicted octanol–water partition coefficient (Wildman–Crippen LogP) is 1.17. The van der Waals surface area contributed by atoms with Crippen LogP contribution in [0.1, 0.15) is 7.43 Å². The molecule has 0 aliphatic carbocycles. The Balaban J connectivity index is 0.000000810. The van der Waals surface area contributed by atoms with E-state index in [1.54, 1.807) is 0 Å². The highest BCUT2D eigenvalue weighted by molar-refractivity contribution is 6.53. The number of nitrogens with zero attached hydrogens (tertiary/aromatic N) is 1. The molecule has 10 heavy (non-hydrogen) atoms. The summed E-state index contributed by atoms with van der Waals surface area (Å²) in [6, 6.07) is 0. The first-order valence-electron chi connectivity index (χ1n) is 2.37. The molecule has 0 bridgehead atoms. The van der Waals surface area contributed by atoms with Crippen LogP contribution in [0.25, 0.3) is 0 Å². The minimum Gasteiger partial charge on any atom is -0.474 e. The van der Waals surface area contributed by atoms with E-state index >= 15 is 0 Å². The third kappa shape index (κ3) is 2.33. The molecule has 0 fully saturated rings. The molecule has 1 atom stereocenters. The fourth-order valence-corrected chi connectivity index (χ4v) is 0.739. The maximum absolute atomic E-state index is 8.72. The molecule has 3 nitrogen and oxygen atoms in total. The lowest BCUT2D eigenvalue weighted by atomic mass is 10.7. The molecule has 0 spiro atoms. The molecule has 0 aromatic carbocycles. The Labute approximate surface area is 69.6 Å². The highest BCUT2D eigenvalue weighted by Crippen LogP contribution is 2.11. The van der Waals surface area contributed by atoms with Crippen molar-refractivity contribution < 1.29 is 9.84 Å². The zero-order valence-electron chi connectivity index (χ0n) is 4.42. The topological polar surface area (TPSA) is 41.8 Å². The summed E-state index contributed by atoms with van der Waals surface area (Å²) in [6.07, 6.45) is -0.792. The summed E-state index contributed by atoms with van der Waals surface area (Å²) in [5.74, 6) is 0.200. The first-order valence-corrected chi connectivity index (χ1v) is 3.24. The normalized spacial score (nSPS) is 23.6. The molecular weight excluding hydrogens is 177 g/mol. The Kier molecular flexibility index (Phi) is 4.01. The van der Waals surface area contributed by atoms with E-state index in [9.17, 15) is 0 Å². The van der Waals surface area contributed by atoms with Gasteiger partial charge in [0.1, 0.15) is 6.61 Å². The van der Waals surface area contributed by atoms with Crippen molar-refractivity contribution in [2.45, 2.75) is 18.5 Å². The predicted molar refractivity (Wildman–Crippen MR) is 41.6 cm³/mol. The number of hydrogen-bond donors (Lipinski definition) is 1. The van der Waals surface area contributed by atoms with Gasteiger partial charge in [-0.1, -0.05) is 30.6 Å². The molecule has 0 amide bonds. The van der Waals surface area contributed by atoms with Crippen LogP contribution in [0.2, 0.25) is 0 Å². The lowest BCUT2D eigenvalue weighted by Crippen LogP contribution is -2.07. The molecule has 5 heteroatoms. The number of ether oxygens (including phenoxy) is 1. The average molecular weight is 186 g/mol. The largest absolute Gasteiger partial charge is 0.474 e. The molecular formula is C5H9Cl2NO2. The molecule has 0 aromatic heterocycles. The van der Waals surface area contributed by atoms with Gasteiger partial charge in [-0.25, -0.2) is 4.99 Å². The summed E-state index contributed by atoms with van der Waals surface area (Å²) in [7, 11) is 0. The summed E-state index contributed by atoms with van der Waals surface area (Å²) < 4.78 is 4.76. The first-order chi connectivity index (χ1) is 4.20. The van der Waals surface area contributed by atoms with Crippen molar-refractivity contribution >= 4 is 29.1 Å². The Hall–Kier alpha value is 0.01000. The molecule has 0 saturated carbocycles. The van der Waals surface area contributed by atoms with E-state index in [-0.39, 0.29) is 19.9 Å². The van der Waals surface area contributed by atoms with E-state index < -0.39 is 11.1 Å². The van der Waals surface area contributed by atoms with Crippen LogP contribution in [0.4, 0.5) is 0 Å². The first kappa shape index (κ1) is 10.0. The van der Waals surface area contributed by atoms with Gasteiger partial charge in [-0.3, -0.25) is 0 Å². The van der Waals surface area contributed by atoms with Gasteiger partial charge in [0.05, 0.1) is 0 Å². The second-order valence-electron chi connectivity index (χ2n) is 1.56. The molecule has 0 unspecified atom stereocenters. The van der Waals surface area contributed by atoms with Gasteiger partial charge in [0.25, 0.3) is 0 Å². The van der Waals surface area contributed by atoms with Crippen LogP contribution in [-0.4, -0.2) is 28.7 Å². The molecule has 1 aliphatic heterocycles. The lowest BCUT2D eigenvalue weighted by molar-refractivity contribution is 0.139. The quantitative estimate of drug-likeness (QED) is 0.624. The number of alkyl halides is 2. The molecule has 0 saturated heterocycles. The van der Waals surface area contributed by atoms with Crippen LogP contribution < -0.4 is 0 Å². The number of halogens is 2. The number of aliphatic hydroxyl groups is 1. The summed E-state index contributed by atoms with van der Waals surface area (Å²) in [4.78, 5) is 2.81. The van der Waals surface area contributed by atoms with Crippen molar-refractivity contribution in [2.75, 3.05) is 6.61 Å². The van der Waals surface area contributed by atoms with Crippen LogP contribution in [0, 0.1) is 0 Å². The average Bonchev–Trinajstić information content (AvgIpc) is 2.14. The zero-order valence-corrected chi connectivity index (χ0v) is 5.93. The Morgan fingerprint density at radius 2 is 2.30 bits per heavy atom. The van der Waals surface area contributed by atoms with Crippen LogP contribution in [-0.2, 0) is 4.74 Å². The molecule has 1 heterocycles. The van der Waals surface area contributed by atoms with Gasteiger partial charge in [-0.15, -0.1) is 0 Å². The third-order valence-electron chi connectivity index (χ3n) is 0.843. The SMILES string of the molecule is C.O[C@@H]1COC(C(Cl)Cl)=N1. The maximum atomic E-state index is 8.72. The van der Waals surface area contributed by atoms with Gasteiger partial charge in [0.15, 0.2) is 11.1 Å². The molecule has 1 N–H and O–H groups in total. The van der Waals surface area contributed by atoms with E-state index in [0.29, 0.717) is 0 Å².